The van der Waals surface area contributed by atoms with E-state index in [9.17, 15) is 4.79 Å². The van der Waals surface area contributed by atoms with Crippen LogP contribution in [0.5, 0.6) is 0 Å². The third-order valence-electron chi connectivity index (χ3n) is 5.51. The number of halogens is 1. The number of hydrogen-bond acceptors (Lipinski definition) is 3. The molecule has 0 bridgehead atoms. The van der Waals surface area contributed by atoms with Gasteiger partial charge in [-0.25, -0.2) is 14.8 Å². The Labute approximate surface area is 167 Å². The van der Waals surface area contributed by atoms with Crippen molar-refractivity contribution < 1.29 is 4.79 Å². The molecule has 0 saturated carbocycles. The number of anilines is 1. The van der Waals surface area contributed by atoms with Gasteiger partial charge in [0.1, 0.15) is 12.0 Å². The fourth-order valence-corrected chi connectivity index (χ4v) is 4.34. The van der Waals surface area contributed by atoms with Crippen LogP contribution in [-0.4, -0.2) is 39.0 Å². The van der Waals surface area contributed by atoms with Gasteiger partial charge in [-0.1, -0.05) is 23.7 Å². The highest BCUT2D eigenvalue weighted by Crippen LogP contribution is 2.34. The minimum Gasteiger partial charge on any atom is -0.343 e. The molecule has 0 saturated heterocycles. The number of aromatic nitrogens is 3. The molecule has 5 rings (SSSR count). The molecule has 1 aliphatic heterocycles. The molecule has 1 aromatic carbocycles. The number of rotatable bonds is 2. The van der Waals surface area contributed by atoms with Crippen LogP contribution >= 0.6 is 11.6 Å². The lowest BCUT2D eigenvalue weighted by molar-refractivity contribution is 0.217. The number of aromatic amines is 1. The normalized spacial score (nSPS) is 16.2. The van der Waals surface area contributed by atoms with Gasteiger partial charge in [-0.15, -0.1) is 0 Å². The molecule has 0 atom stereocenters. The number of carbonyl (C=O) groups excluding carboxylic acids is 1. The van der Waals surface area contributed by atoms with Crippen LogP contribution in [0.4, 0.5) is 10.5 Å². The first-order valence-electron chi connectivity index (χ1n) is 9.54. The first-order chi connectivity index (χ1) is 13.7. The molecule has 2 N–H and O–H groups in total. The number of amides is 2. The van der Waals surface area contributed by atoms with Crippen molar-refractivity contribution in [2.24, 2.45) is 0 Å². The summed E-state index contributed by atoms with van der Waals surface area (Å²) in [5.41, 5.74) is 6.50. The molecule has 0 radical (unpaired) electrons. The molecule has 7 heteroatoms. The SMILES string of the molecule is O=C(Nc1cccc(Cl)c1)N1CC=C(c2ncnc3[nH]c4c(c23)CCC4)CC1. The van der Waals surface area contributed by atoms with E-state index in [1.165, 1.54) is 23.3 Å². The summed E-state index contributed by atoms with van der Waals surface area (Å²) in [5.74, 6) is 0. The number of urea groups is 1. The van der Waals surface area contributed by atoms with Crippen LogP contribution in [0.25, 0.3) is 16.6 Å². The van der Waals surface area contributed by atoms with Crippen molar-refractivity contribution in [1.82, 2.24) is 19.9 Å². The molecule has 3 aromatic rings. The van der Waals surface area contributed by atoms with Crippen LogP contribution in [-0.2, 0) is 12.8 Å². The Morgan fingerprint density at radius 2 is 2.14 bits per heavy atom. The maximum Gasteiger partial charge on any atom is 0.322 e. The zero-order chi connectivity index (χ0) is 19.1. The highest BCUT2D eigenvalue weighted by atomic mass is 35.5. The van der Waals surface area contributed by atoms with Gasteiger partial charge in [-0.3, -0.25) is 0 Å². The minimum absolute atomic E-state index is 0.118. The molecule has 2 aromatic heterocycles. The van der Waals surface area contributed by atoms with Crippen molar-refractivity contribution in [2.45, 2.75) is 25.7 Å². The van der Waals surface area contributed by atoms with Crippen LogP contribution in [0.3, 0.4) is 0 Å². The maximum atomic E-state index is 12.6. The van der Waals surface area contributed by atoms with E-state index in [4.69, 9.17) is 11.6 Å². The number of benzene rings is 1. The van der Waals surface area contributed by atoms with E-state index in [1.807, 2.05) is 12.1 Å². The topological polar surface area (TPSA) is 73.9 Å². The quantitative estimate of drug-likeness (QED) is 0.676. The third-order valence-corrected chi connectivity index (χ3v) is 5.75. The summed E-state index contributed by atoms with van der Waals surface area (Å²) in [5, 5.41) is 4.68. The van der Waals surface area contributed by atoms with Crippen LogP contribution in [0.15, 0.2) is 36.7 Å². The number of nitrogens with zero attached hydrogens (tertiary/aromatic N) is 3. The molecule has 2 amide bonds. The van der Waals surface area contributed by atoms with Gasteiger partial charge in [-0.05, 0) is 55.0 Å². The monoisotopic (exact) mass is 393 g/mol. The van der Waals surface area contributed by atoms with Gasteiger partial charge in [0.2, 0.25) is 0 Å². The van der Waals surface area contributed by atoms with Gasteiger partial charge in [0, 0.05) is 34.9 Å². The molecule has 1 aliphatic carbocycles. The summed E-state index contributed by atoms with van der Waals surface area (Å²) in [4.78, 5) is 26.8. The molecule has 6 nitrogen and oxygen atoms in total. The van der Waals surface area contributed by atoms with Crippen molar-refractivity contribution in [2.75, 3.05) is 18.4 Å². The highest BCUT2D eigenvalue weighted by Gasteiger charge is 2.24. The second-order valence-electron chi connectivity index (χ2n) is 7.25. The molecular weight excluding hydrogens is 374 g/mol. The Bertz CT molecular complexity index is 1100. The number of carbonyl (C=O) groups is 1. The Kier molecular flexibility index (Phi) is 4.28. The highest BCUT2D eigenvalue weighted by molar-refractivity contribution is 6.30. The van der Waals surface area contributed by atoms with E-state index < -0.39 is 0 Å². The molecule has 0 unspecified atom stereocenters. The number of H-pyrrole nitrogens is 1. The van der Waals surface area contributed by atoms with Crippen molar-refractivity contribution >= 4 is 39.9 Å². The van der Waals surface area contributed by atoms with E-state index in [0.717, 1.165) is 36.0 Å². The molecule has 0 spiro atoms. The molecule has 0 fully saturated rings. The smallest absolute Gasteiger partial charge is 0.322 e. The summed E-state index contributed by atoms with van der Waals surface area (Å²) in [7, 11) is 0. The summed E-state index contributed by atoms with van der Waals surface area (Å²) in [6, 6.07) is 7.07. The Morgan fingerprint density at radius 3 is 2.96 bits per heavy atom. The van der Waals surface area contributed by atoms with Gasteiger partial charge in [0.05, 0.1) is 5.69 Å². The van der Waals surface area contributed by atoms with E-state index in [0.29, 0.717) is 23.8 Å². The molecular formula is C21H20ClN5O. The largest absolute Gasteiger partial charge is 0.343 e. The van der Waals surface area contributed by atoms with Gasteiger partial charge in [0.15, 0.2) is 0 Å². The first-order valence-corrected chi connectivity index (χ1v) is 9.92. The summed E-state index contributed by atoms with van der Waals surface area (Å²) in [6.45, 7) is 1.20. The molecule has 2 aliphatic rings. The van der Waals surface area contributed by atoms with Gasteiger partial charge < -0.3 is 15.2 Å². The molecule has 142 valence electrons. The first kappa shape index (κ1) is 17.3. The zero-order valence-corrected chi connectivity index (χ0v) is 16.1. The van der Waals surface area contributed by atoms with Crippen LogP contribution < -0.4 is 5.32 Å². The van der Waals surface area contributed by atoms with Crippen LogP contribution in [0.1, 0.15) is 29.8 Å². The zero-order valence-electron chi connectivity index (χ0n) is 15.3. The Balaban J connectivity index is 1.36. The predicted molar refractivity (Wildman–Crippen MR) is 111 cm³/mol. The Hall–Kier alpha value is -2.86. The minimum atomic E-state index is -0.118. The third kappa shape index (κ3) is 3.03. The van der Waals surface area contributed by atoms with Crippen molar-refractivity contribution in [1.29, 1.82) is 0 Å². The lowest BCUT2D eigenvalue weighted by Gasteiger charge is -2.26. The van der Waals surface area contributed by atoms with E-state index >= 15 is 0 Å². The number of nitrogens with one attached hydrogen (secondary N) is 2. The van der Waals surface area contributed by atoms with Crippen molar-refractivity contribution in [3.8, 4) is 0 Å². The lowest BCUT2D eigenvalue weighted by atomic mass is 10.00. The van der Waals surface area contributed by atoms with Crippen molar-refractivity contribution in [3.05, 3.63) is 58.6 Å². The van der Waals surface area contributed by atoms with E-state index in [-0.39, 0.29) is 6.03 Å². The maximum absolute atomic E-state index is 12.6. The van der Waals surface area contributed by atoms with Gasteiger partial charge in [0.25, 0.3) is 0 Å². The fraction of sp³-hybridized carbons (Fsp3) is 0.286. The molecule has 28 heavy (non-hydrogen) atoms. The predicted octanol–water partition coefficient (Wildman–Crippen LogP) is 4.42. The van der Waals surface area contributed by atoms with Gasteiger partial charge >= 0.3 is 6.03 Å². The number of fused-ring (bicyclic) bond motifs is 3. The number of hydrogen-bond donors (Lipinski definition) is 2. The lowest BCUT2D eigenvalue weighted by Crippen LogP contribution is -2.37. The second kappa shape index (κ2) is 6.95. The van der Waals surface area contributed by atoms with Gasteiger partial charge in [-0.2, -0.15) is 0 Å². The summed E-state index contributed by atoms with van der Waals surface area (Å²) < 4.78 is 0. The standard InChI is InChI=1S/C21H20ClN5O/c22-14-3-1-4-15(11-14)25-21(28)27-9-7-13(8-10-27)19-18-16-5-2-6-17(16)26-20(18)24-12-23-19/h1,3-4,7,11-12H,2,5-6,8-10H2,(H,25,28)(H,23,24,26). The summed E-state index contributed by atoms with van der Waals surface area (Å²) >= 11 is 5.99. The Morgan fingerprint density at radius 1 is 1.21 bits per heavy atom. The fourth-order valence-electron chi connectivity index (χ4n) is 4.15. The number of aryl methyl sites for hydroxylation is 2. The van der Waals surface area contributed by atoms with Crippen molar-refractivity contribution in [3.63, 3.8) is 0 Å². The van der Waals surface area contributed by atoms with E-state index in [1.54, 1.807) is 23.4 Å². The molecule has 3 heterocycles. The van der Waals surface area contributed by atoms with E-state index in [2.05, 4.69) is 26.3 Å². The average Bonchev–Trinajstić information content (AvgIpc) is 3.29. The average molecular weight is 394 g/mol. The van der Waals surface area contributed by atoms with Crippen LogP contribution in [0, 0.1) is 0 Å². The summed E-state index contributed by atoms with van der Waals surface area (Å²) in [6.07, 6.45) is 7.86. The van der Waals surface area contributed by atoms with Crippen LogP contribution in [0.2, 0.25) is 5.02 Å². The second-order valence-corrected chi connectivity index (χ2v) is 7.68.